The minimum Gasteiger partial charge on any atom is -0.444 e. The van der Waals surface area contributed by atoms with Crippen molar-refractivity contribution < 1.29 is 19.1 Å². The number of nitrogens with zero attached hydrogens (tertiary/aromatic N) is 1. The Bertz CT molecular complexity index is 807. The summed E-state index contributed by atoms with van der Waals surface area (Å²) in [5.74, 6) is -0.741. The maximum Gasteiger partial charge on any atom is 0.408 e. The highest BCUT2D eigenvalue weighted by Gasteiger charge is 2.37. The maximum atomic E-state index is 13.8. The Hall–Kier alpha value is -2.57. The molecule has 33 heavy (non-hydrogen) atoms. The van der Waals surface area contributed by atoms with Crippen molar-refractivity contribution >= 4 is 17.9 Å². The molecule has 0 bridgehead atoms. The molecule has 186 valence electrons. The van der Waals surface area contributed by atoms with Gasteiger partial charge >= 0.3 is 6.09 Å². The first-order valence-corrected chi connectivity index (χ1v) is 11.8. The van der Waals surface area contributed by atoms with Gasteiger partial charge in [-0.25, -0.2) is 4.79 Å². The molecule has 0 saturated heterocycles. The largest absolute Gasteiger partial charge is 0.444 e. The van der Waals surface area contributed by atoms with Crippen LogP contribution in [0.1, 0.15) is 84.5 Å². The summed E-state index contributed by atoms with van der Waals surface area (Å²) in [7, 11) is 0. The van der Waals surface area contributed by atoms with Crippen molar-refractivity contribution in [1.29, 1.82) is 0 Å². The molecular weight excluding hydrogens is 418 g/mol. The number of carbonyl (C=O) groups excluding carboxylic acids is 3. The number of amides is 3. The number of hydrogen-bond donors (Lipinski definition) is 2. The van der Waals surface area contributed by atoms with Gasteiger partial charge in [-0.15, -0.1) is 0 Å². The molecule has 0 fully saturated rings. The van der Waals surface area contributed by atoms with Crippen LogP contribution in [0.25, 0.3) is 0 Å². The summed E-state index contributed by atoms with van der Waals surface area (Å²) in [6, 6.07) is 4.21. The van der Waals surface area contributed by atoms with Crippen molar-refractivity contribution in [3.63, 3.8) is 0 Å². The third-order valence-corrected chi connectivity index (χ3v) is 4.90. The van der Waals surface area contributed by atoms with Crippen molar-refractivity contribution in [2.75, 3.05) is 6.54 Å². The van der Waals surface area contributed by atoms with Crippen molar-refractivity contribution in [1.82, 2.24) is 15.5 Å². The van der Waals surface area contributed by atoms with Crippen molar-refractivity contribution in [3.05, 3.63) is 34.9 Å². The molecule has 0 aromatic heterocycles. The van der Waals surface area contributed by atoms with Gasteiger partial charge in [-0.1, -0.05) is 50.1 Å². The van der Waals surface area contributed by atoms with Crippen LogP contribution in [0.15, 0.2) is 18.2 Å². The average molecular weight is 462 g/mol. The average Bonchev–Trinajstić information content (AvgIpc) is 2.62. The first kappa shape index (κ1) is 28.5. The van der Waals surface area contributed by atoms with E-state index in [1.807, 2.05) is 66.7 Å². The molecule has 2 N–H and O–H groups in total. The summed E-state index contributed by atoms with van der Waals surface area (Å²) >= 11 is 0. The molecule has 1 aromatic carbocycles. The summed E-state index contributed by atoms with van der Waals surface area (Å²) in [5, 5.41) is 5.71. The molecule has 0 aliphatic heterocycles. The molecule has 7 heteroatoms. The second-order valence-corrected chi connectivity index (χ2v) is 10.4. The third kappa shape index (κ3) is 9.06. The fourth-order valence-electron chi connectivity index (χ4n) is 3.74. The number of rotatable bonds is 9. The minimum atomic E-state index is -0.827. The van der Waals surface area contributed by atoms with E-state index in [1.165, 1.54) is 0 Å². The normalized spacial score (nSPS) is 13.5. The lowest BCUT2D eigenvalue weighted by molar-refractivity contribution is -0.143. The smallest absolute Gasteiger partial charge is 0.408 e. The molecule has 1 aromatic rings. The Morgan fingerprint density at radius 3 is 1.94 bits per heavy atom. The number of hydrogen-bond acceptors (Lipinski definition) is 4. The first-order chi connectivity index (χ1) is 15.2. The van der Waals surface area contributed by atoms with E-state index in [9.17, 15) is 14.4 Å². The topological polar surface area (TPSA) is 87.7 Å². The highest BCUT2D eigenvalue weighted by atomic mass is 16.6. The number of nitrogens with one attached hydrogen (secondary N) is 2. The fourth-order valence-corrected chi connectivity index (χ4v) is 3.74. The zero-order valence-electron chi connectivity index (χ0n) is 22.0. The van der Waals surface area contributed by atoms with E-state index in [-0.39, 0.29) is 23.8 Å². The highest BCUT2D eigenvalue weighted by molar-refractivity contribution is 5.92. The van der Waals surface area contributed by atoms with Crippen molar-refractivity contribution in [2.24, 2.45) is 5.92 Å². The number of aryl methyl sites for hydroxylation is 2. The van der Waals surface area contributed by atoms with E-state index in [0.29, 0.717) is 13.0 Å². The molecule has 2 atom stereocenters. The fraction of sp³-hybridized carbons (Fsp3) is 0.654. The van der Waals surface area contributed by atoms with Gasteiger partial charge in [0.25, 0.3) is 0 Å². The second-order valence-electron chi connectivity index (χ2n) is 10.4. The number of ether oxygens (including phenoxy) is 1. The van der Waals surface area contributed by atoms with E-state index >= 15 is 0 Å². The molecule has 7 nitrogen and oxygen atoms in total. The summed E-state index contributed by atoms with van der Waals surface area (Å²) in [6.45, 7) is 19.1. The van der Waals surface area contributed by atoms with Crippen LogP contribution < -0.4 is 10.6 Å². The van der Waals surface area contributed by atoms with Gasteiger partial charge in [0.15, 0.2) is 0 Å². The zero-order chi connectivity index (χ0) is 25.5. The van der Waals surface area contributed by atoms with Gasteiger partial charge in [0.05, 0.1) is 0 Å². The standard InChI is InChI=1S/C26H43N3O4/c1-11-12-29(24(31)21(16(2)3)28-25(32)33-26(8,9)10)22(23(30)27-17(4)5)20-14-18(6)13-19(7)15-20/h13-17,21-22H,11-12H2,1-10H3,(H,27,30)(H,28,32). The molecule has 0 aliphatic rings. The Morgan fingerprint density at radius 1 is 0.970 bits per heavy atom. The molecule has 1 rings (SSSR count). The van der Waals surface area contributed by atoms with Crippen LogP contribution in [0, 0.1) is 19.8 Å². The molecule has 0 spiro atoms. The van der Waals surface area contributed by atoms with Crippen LogP contribution >= 0.6 is 0 Å². The number of alkyl carbamates (subject to hydrolysis) is 1. The predicted molar refractivity (Wildman–Crippen MR) is 132 cm³/mol. The Balaban J connectivity index is 3.45. The van der Waals surface area contributed by atoms with Crippen molar-refractivity contribution in [2.45, 2.75) is 99.4 Å². The van der Waals surface area contributed by atoms with Gasteiger partial charge < -0.3 is 20.3 Å². The van der Waals surface area contributed by atoms with E-state index in [2.05, 4.69) is 10.6 Å². The third-order valence-electron chi connectivity index (χ3n) is 4.90. The summed E-state index contributed by atoms with van der Waals surface area (Å²) in [4.78, 5) is 41.3. The lowest BCUT2D eigenvalue weighted by Gasteiger charge is -2.36. The van der Waals surface area contributed by atoms with Crippen molar-refractivity contribution in [3.8, 4) is 0 Å². The zero-order valence-corrected chi connectivity index (χ0v) is 22.0. The summed E-state index contributed by atoms with van der Waals surface area (Å²) < 4.78 is 5.38. The molecule has 0 radical (unpaired) electrons. The van der Waals surface area contributed by atoms with E-state index in [4.69, 9.17) is 4.74 Å². The molecule has 0 heterocycles. The summed E-state index contributed by atoms with van der Waals surface area (Å²) in [6.07, 6.45) is 0.0137. The van der Waals surface area contributed by atoms with Gasteiger partial charge in [0, 0.05) is 12.6 Å². The monoisotopic (exact) mass is 461 g/mol. The van der Waals surface area contributed by atoms with Gasteiger partial charge in [0.1, 0.15) is 17.7 Å². The quantitative estimate of drug-likeness (QED) is 0.560. The van der Waals surface area contributed by atoms with Crippen LogP contribution in [0.4, 0.5) is 4.79 Å². The Morgan fingerprint density at radius 2 is 1.52 bits per heavy atom. The number of carbonyl (C=O) groups is 3. The van der Waals surface area contributed by atoms with Crippen LogP contribution in [0.3, 0.4) is 0 Å². The van der Waals surface area contributed by atoms with Crippen LogP contribution in [-0.4, -0.2) is 47.0 Å². The van der Waals surface area contributed by atoms with Crippen LogP contribution in [-0.2, 0) is 14.3 Å². The predicted octanol–water partition coefficient (Wildman–Crippen LogP) is 4.66. The van der Waals surface area contributed by atoms with E-state index in [1.54, 1.807) is 25.7 Å². The number of benzene rings is 1. The van der Waals surface area contributed by atoms with E-state index < -0.39 is 23.8 Å². The molecule has 2 unspecified atom stereocenters. The van der Waals surface area contributed by atoms with Crippen LogP contribution in [0.5, 0.6) is 0 Å². The Labute approximate surface area is 199 Å². The van der Waals surface area contributed by atoms with Gasteiger partial charge in [-0.3, -0.25) is 9.59 Å². The molecule has 0 saturated carbocycles. The maximum absolute atomic E-state index is 13.8. The van der Waals surface area contributed by atoms with Gasteiger partial charge in [0.2, 0.25) is 11.8 Å². The highest BCUT2D eigenvalue weighted by Crippen LogP contribution is 2.26. The molecule has 3 amide bonds. The Kier molecular flexibility index (Phi) is 10.4. The molecule has 0 aliphatic carbocycles. The lowest BCUT2D eigenvalue weighted by Crippen LogP contribution is -2.55. The van der Waals surface area contributed by atoms with Gasteiger partial charge in [-0.05, 0) is 66.4 Å². The second kappa shape index (κ2) is 12.1. The van der Waals surface area contributed by atoms with E-state index in [0.717, 1.165) is 16.7 Å². The minimum absolute atomic E-state index is 0.0785. The summed E-state index contributed by atoms with van der Waals surface area (Å²) in [5.41, 5.74) is 2.11. The molecular formula is C26H43N3O4. The lowest BCUT2D eigenvalue weighted by atomic mass is 9.96. The van der Waals surface area contributed by atoms with Gasteiger partial charge in [-0.2, -0.15) is 0 Å². The SMILES string of the molecule is CCCN(C(=O)C(NC(=O)OC(C)(C)C)C(C)C)C(C(=O)NC(C)C)c1cc(C)cc(C)c1. The van der Waals surface area contributed by atoms with Crippen LogP contribution in [0.2, 0.25) is 0 Å². The first-order valence-electron chi connectivity index (χ1n) is 11.8.